The van der Waals surface area contributed by atoms with E-state index in [2.05, 4.69) is 10.9 Å². The maximum absolute atomic E-state index is 12.3. The van der Waals surface area contributed by atoms with Crippen molar-refractivity contribution in [2.24, 2.45) is 23.7 Å². The highest BCUT2D eigenvalue weighted by atomic mass is 16.4. The van der Waals surface area contributed by atoms with Crippen LogP contribution in [0.2, 0.25) is 0 Å². The molecule has 2 bridgehead atoms. The molecule has 0 aromatic carbocycles. The Kier molecular flexibility index (Phi) is 3.64. The summed E-state index contributed by atoms with van der Waals surface area (Å²) in [7, 11) is 0. The average molecular weight is 306 g/mol. The molecule has 4 atom stereocenters. The molecule has 2 amide bonds. The maximum Gasteiger partial charge on any atom is 0.307 e. The Balaban J connectivity index is 1.63. The van der Waals surface area contributed by atoms with Gasteiger partial charge in [0.05, 0.1) is 23.7 Å². The summed E-state index contributed by atoms with van der Waals surface area (Å²) in [6.45, 7) is 1.65. The Hall–Kier alpha value is -2.31. The predicted octanol–water partition coefficient (Wildman–Crippen LogP) is 1.10. The first-order valence-corrected chi connectivity index (χ1v) is 7.36. The number of carboxylic acid groups (broad SMARTS) is 1. The smallest absolute Gasteiger partial charge is 0.307 e. The van der Waals surface area contributed by atoms with E-state index < -0.39 is 29.6 Å². The van der Waals surface area contributed by atoms with E-state index in [-0.39, 0.29) is 11.8 Å². The summed E-state index contributed by atoms with van der Waals surface area (Å²) in [6, 6.07) is 1.51. The van der Waals surface area contributed by atoms with E-state index in [4.69, 9.17) is 4.42 Å². The molecule has 0 unspecified atom stereocenters. The fraction of sp³-hybridized carbons (Fsp3) is 0.533. The first-order chi connectivity index (χ1) is 10.5. The molecule has 2 fully saturated rings. The van der Waals surface area contributed by atoms with Crippen LogP contribution in [0.1, 0.15) is 35.4 Å². The van der Waals surface area contributed by atoms with Crippen LogP contribution in [0.3, 0.4) is 0 Å². The Morgan fingerprint density at radius 3 is 2.45 bits per heavy atom. The van der Waals surface area contributed by atoms with Crippen molar-refractivity contribution in [3.8, 4) is 0 Å². The Bertz CT molecular complexity index is 623. The number of carbonyl (C=O) groups is 3. The monoisotopic (exact) mass is 306 g/mol. The number of furan rings is 1. The zero-order valence-corrected chi connectivity index (χ0v) is 12.2. The number of hydrogen-bond donors (Lipinski definition) is 3. The number of aliphatic carboxylic acids is 1. The van der Waals surface area contributed by atoms with Gasteiger partial charge in [0.25, 0.3) is 5.91 Å². The molecule has 1 aromatic rings. The van der Waals surface area contributed by atoms with Gasteiger partial charge in [0, 0.05) is 0 Å². The molecule has 0 aliphatic heterocycles. The summed E-state index contributed by atoms with van der Waals surface area (Å²) in [6.07, 6.45) is 3.92. The molecule has 7 nitrogen and oxygen atoms in total. The average Bonchev–Trinajstić information content (AvgIpc) is 3.18. The number of nitrogens with one attached hydrogen (secondary N) is 2. The fourth-order valence-corrected chi connectivity index (χ4v) is 3.91. The second-order valence-electron chi connectivity index (χ2n) is 6.06. The number of amides is 2. The van der Waals surface area contributed by atoms with Gasteiger partial charge in [-0.15, -0.1) is 0 Å². The van der Waals surface area contributed by atoms with Crippen LogP contribution in [-0.2, 0) is 9.59 Å². The van der Waals surface area contributed by atoms with E-state index in [0.29, 0.717) is 11.3 Å². The van der Waals surface area contributed by atoms with Crippen LogP contribution >= 0.6 is 0 Å². The summed E-state index contributed by atoms with van der Waals surface area (Å²) >= 11 is 0. The van der Waals surface area contributed by atoms with Crippen molar-refractivity contribution in [1.82, 2.24) is 10.9 Å². The molecular formula is C15H18N2O5. The number of hydrogen-bond acceptors (Lipinski definition) is 4. The van der Waals surface area contributed by atoms with Crippen molar-refractivity contribution in [2.45, 2.75) is 26.2 Å². The van der Waals surface area contributed by atoms with Gasteiger partial charge in [-0.25, -0.2) is 0 Å². The first-order valence-electron chi connectivity index (χ1n) is 7.36. The van der Waals surface area contributed by atoms with Gasteiger partial charge < -0.3 is 9.52 Å². The van der Waals surface area contributed by atoms with Crippen molar-refractivity contribution < 1.29 is 23.9 Å². The van der Waals surface area contributed by atoms with Gasteiger partial charge in [0.2, 0.25) is 5.91 Å². The molecule has 7 heteroatoms. The van der Waals surface area contributed by atoms with Gasteiger partial charge >= 0.3 is 5.97 Å². The van der Waals surface area contributed by atoms with Gasteiger partial charge in [0.1, 0.15) is 5.76 Å². The molecule has 22 heavy (non-hydrogen) atoms. The summed E-state index contributed by atoms with van der Waals surface area (Å²) in [5.74, 6) is -2.42. The minimum atomic E-state index is -0.927. The van der Waals surface area contributed by atoms with Gasteiger partial charge in [0.15, 0.2) is 0 Å². The van der Waals surface area contributed by atoms with E-state index in [1.807, 2.05) is 0 Å². The number of aryl methyl sites for hydroxylation is 1. The quantitative estimate of drug-likeness (QED) is 0.724. The Labute approximate surface area is 127 Å². The molecule has 3 N–H and O–H groups in total. The molecule has 3 rings (SSSR count). The summed E-state index contributed by atoms with van der Waals surface area (Å²) in [4.78, 5) is 35.6. The second-order valence-corrected chi connectivity index (χ2v) is 6.06. The van der Waals surface area contributed by atoms with Crippen LogP contribution in [0.25, 0.3) is 0 Å². The molecule has 2 aliphatic carbocycles. The maximum atomic E-state index is 12.3. The number of fused-ring (bicyclic) bond motifs is 2. The highest BCUT2D eigenvalue weighted by molar-refractivity contribution is 5.96. The Morgan fingerprint density at radius 1 is 1.18 bits per heavy atom. The van der Waals surface area contributed by atoms with Crippen molar-refractivity contribution in [3.05, 3.63) is 23.7 Å². The normalized spacial score (nSPS) is 29.3. The summed E-state index contributed by atoms with van der Waals surface area (Å²) in [5.41, 5.74) is 5.03. The lowest BCUT2D eigenvalue weighted by atomic mass is 9.79. The van der Waals surface area contributed by atoms with Crippen molar-refractivity contribution in [3.63, 3.8) is 0 Å². The topological polar surface area (TPSA) is 109 Å². The highest BCUT2D eigenvalue weighted by Gasteiger charge is 2.54. The largest absolute Gasteiger partial charge is 0.481 e. The molecule has 2 saturated carbocycles. The minimum Gasteiger partial charge on any atom is -0.481 e. The lowest BCUT2D eigenvalue weighted by molar-refractivity contribution is -0.149. The van der Waals surface area contributed by atoms with E-state index in [9.17, 15) is 19.5 Å². The second kappa shape index (κ2) is 5.47. The third-order valence-electron chi connectivity index (χ3n) is 4.91. The molecule has 0 spiro atoms. The van der Waals surface area contributed by atoms with Gasteiger partial charge in [-0.1, -0.05) is 0 Å². The van der Waals surface area contributed by atoms with Crippen LogP contribution < -0.4 is 10.9 Å². The molecule has 2 aliphatic rings. The van der Waals surface area contributed by atoms with Gasteiger partial charge in [-0.2, -0.15) is 0 Å². The SMILES string of the molecule is Cc1occc1C(=O)NNC(=O)[C@H]1[C@H]2CC[C@@H](C2)[C@@H]1C(=O)O. The molecule has 0 saturated heterocycles. The van der Waals surface area contributed by atoms with Crippen molar-refractivity contribution in [1.29, 1.82) is 0 Å². The summed E-state index contributed by atoms with van der Waals surface area (Å²) < 4.78 is 5.03. The third-order valence-corrected chi connectivity index (χ3v) is 4.91. The van der Waals surface area contributed by atoms with Crippen LogP contribution in [-0.4, -0.2) is 22.9 Å². The zero-order valence-electron chi connectivity index (χ0n) is 12.2. The number of hydrazine groups is 1. The van der Waals surface area contributed by atoms with Gasteiger partial charge in [-0.3, -0.25) is 25.2 Å². The summed E-state index contributed by atoms with van der Waals surface area (Å²) in [5, 5.41) is 9.34. The number of carbonyl (C=O) groups excluding carboxylic acids is 2. The molecule has 118 valence electrons. The highest BCUT2D eigenvalue weighted by Crippen LogP contribution is 2.52. The molecule has 0 radical (unpaired) electrons. The standard InChI is InChI=1S/C15H18N2O5/c1-7-10(4-5-22-7)13(18)16-17-14(19)11-8-2-3-9(6-8)12(11)15(20)21/h4-5,8-9,11-12H,2-3,6H2,1H3,(H,16,18)(H,17,19)(H,20,21)/t8-,9-,11-,12-/m0/s1. The molecule has 1 aromatic heterocycles. The minimum absolute atomic E-state index is 0.0741. The zero-order chi connectivity index (χ0) is 15.9. The predicted molar refractivity (Wildman–Crippen MR) is 74.5 cm³/mol. The van der Waals surface area contributed by atoms with Gasteiger partial charge in [-0.05, 0) is 44.1 Å². The fourth-order valence-electron chi connectivity index (χ4n) is 3.91. The van der Waals surface area contributed by atoms with Crippen LogP contribution in [0.15, 0.2) is 16.7 Å². The first kappa shape index (κ1) is 14.6. The molecule has 1 heterocycles. The van der Waals surface area contributed by atoms with Crippen molar-refractivity contribution >= 4 is 17.8 Å². The van der Waals surface area contributed by atoms with E-state index >= 15 is 0 Å². The number of carboxylic acids is 1. The van der Waals surface area contributed by atoms with Crippen LogP contribution in [0.4, 0.5) is 0 Å². The van der Waals surface area contributed by atoms with Crippen LogP contribution in [0, 0.1) is 30.6 Å². The van der Waals surface area contributed by atoms with E-state index in [1.54, 1.807) is 6.92 Å². The van der Waals surface area contributed by atoms with E-state index in [0.717, 1.165) is 19.3 Å². The lowest BCUT2D eigenvalue weighted by Gasteiger charge is -2.26. The van der Waals surface area contributed by atoms with Crippen LogP contribution in [0.5, 0.6) is 0 Å². The third kappa shape index (κ3) is 2.36. The number of rotatable bonds is 3. The van der Waals surface area contributed by atoms with Crippen molar-refractivity contribution in [2.75, 3.05) is 0 Å². The lowest BCUT2D eigenvalue weighted by Crippen LogP contribution is -2.48. The molecular weight excluding hydrogens is 288 g/mol. The van der Waals surface area contributed by atoms with E-state index in [1.165, 1.54) is 12.3 Å². The Morgan fingerprint density at radius 2 is 1.86 bits per heavy atom.